The van der Waals surface area contributed by atoms with E-state index < -0.39 is 5.79 Å². The number of aromatic nitrogens is 3. The molecular weight excluding hydrogens is 280 g/mol. The van der Waals surface area contributed by atoms with Gasteiger partial charge in [0.1, 0.15) is 17.7 Å². The molecule has 0 radical (unpaired) electrons. The van der Waals surface area contributed by atoms with Crippen molar-refractivity contribution in [3.63, 3.8) is 0 Å². The van der Waals surface area contributed by atoms with Gasteiger partial charge in [0.05, 0.1) is 17.9 Å². The molecule has 6 heteroatoms. The molecule has 6 nitrogen and oxygen atoms in total. The van der Waals surface area contributed by atoms with Crippen LogP contribution in [0.5, 0.6) is 0 Å². The van der Waals surface area contributed by atoms with Gasteiger partial charge >= 0.3 is 0 Å². The molecule has 2 aromatic rings. The Hall–Kier alpha value is -1.92. The lowest BCUT2D eigenvalue weighted by atomic mass is 10.1. The standard InChI is InChI=1S/C16H20N4O2/c1-3-16(4-2)21-12-6-5-11(14(12)22-16)20-9-19-13-10(20)7-8-18-15(13)17/h5-9,11-12,14H,3-4H2,1-2H3,(H2,17,18). The zero-order chi connectivity index (χ0) is 15.3. The quantitative estimate of drug-likeness (QED) is 0.881. The van der Waals surface area contributed by atoms with Gasteiger partial charge < -0.3 is 19.8 Å². The summed E-state index contributed by atoms with van der Waals surface area (Å²) in [6.07, 6.45) is 9.41. The first kappa shape index (κ1) is 13.7. The zero-order valence-corrected chi connectivity index (χ0v) is 12.8. The molecule has 22 heavy (non-hydrogen) atoms. The molecule has 2 N–H and O–H groups in total. The van der Waals surface area contributed by atoms with Gasteiger partial charge in [0.25, 0.3) is 0 Å². The third-order valence-corrected chi connectivity index (χ3v) is 4.78. The van der Waals surface area contributed by atoms with Crippen LogP contribution >= 0.6 is 0 Å². The van der Waals surface area contributed by atoms with Crippen molar-refractivity contribution in [3.05, 3.63) is 30.7 Å². The van der Waals surface area contributed by atoms with Gasteiger partial charge in [-0.25, -0.2) is 9.97 Å². The molecule has 0 amide bonds. The molecule has 4 rings (SSSR count). The van der Waals surface area contributed by atoms with E-state index in [4.69, 9.17) is 15.2 Å². The van der Waals surface area contributed by atoms with Gasteiger partial charge in [-0.15, -0.1) is 0 Å². The minimum Gasteiger partial charge on any atom is -0.382 e. The number of fused-ring (bicyclic) bond motifs is 2. The van der Waals surface area contributed by atoms with Gasteiger partial charge in [0, 0.05) is 6.20 Å². The van der Waals surface area contributed by atoms with E-state index >= 15 is 0 Å². The molecule has 2 aliphatic rings. The van der Waals surface area contributed by atoms with Crippen molar-refractivity contribution >= 4 is 16.9 Å². The van der Waals surface area contributed by atoms with Crippen molar-refractivity contribution in [1.29, 1.82) is 0 Å². The van der Waals surface area contributed by atoms with Crippen LogP contribution in [-0.4, -0.2) is 32.5 Å². The molecule has 3 heterocycles. The number of nitrogen functional groups attached to an aromatic ring is 1. The number of hydrogen-bond donors (Lipinski definition) is 1. The second-order valence-corrected chi connectivity index (χ2v) is 5.87. The Balaban J connectivity index is 1.72. The van der Waals surface area contributed by atoms with Crippen LogP contribution in [0.2, 0.25) is 0 Å². The smallest absolute Gasteiger partial charge is 0.169 e. The third kappa shape index (κ3) is 1.80. The fraction of sp³-hybridized carbons (Fsp3) is 0.500. The number of nitrogens with two attached hydrogens (primary N) is 1. The van der Waals surface area contributed by atoms with Crippen LogP contribution in [0, 0.1) is 0 Å². The number of rotatable bonds is 3. The molecule has 2 aromatic heterocycles. The van der Waals surface area contributed by atoms with E-state index in [1.807, 2.05) is 6.07 Å². The second-order valence-electron chi connectivity index (χ2n) is 5.87. The maximum atomic E-state index is 6.31. The van der Waals surface area contributed by atoms with Gasteiger partial charge in [0.2, 0.25) is 0 Å². The molecular formula is C16H20N4O2. The van der Waals surface area contributed by atoms with E-state index in [0.717, 1.165) is 23.9 Å². The number of pyridine rings is 1. The van der Waals surface area contributed by atoms with Crippen molar-refractivity contribution in [2.75, 3.05) is 5.73 Å². The highest BCUT2D eigenvalue weighted by Gasteiger charge is 2.50. The molecule has 0 bridgehead atoms. The number of nitrogens with zero attached hydrogens (tertiary/aromatic N) is 3. The predicted molar refractivity (Wildman–Crippen MR) is 83.2 cm³/mol. The highest BCUT2D eigenvalue weighted by atomic mass is 16.8. The van der Waals surface area contributed by atoms with Crippen molar-refractivity contribution in [2.45, 2.75) is 50.7 Å². The van der Waals surface area contributed by atoms with Gasteiger partial charge in [-0.2, -0.15) is 0 Å². The van der Waals surface area contributed by atoms with Crippen LogP contribution in [0.3, 0.4) is 0 Å². The average Bonchev–Trinajstić information content (AvgIpc) is 3.19. The summed E-state index contributed by atoms with van der Waals surface area (Å²) in [6, 6.07) is 2.00. The lowest BCUT2D eigenvalue weighted by Crippen LogP contribution is -2.31. The van der Waals surface area contributed by atoms with Crippen LogP contribution in [0.4, 0.5) is 5.82 Å². The molecule has 116 valence electrons. The second kappa shape index (κ2) is 4.79. The molecule has 0 aromatic carbocycles. The lowest BCUT2D eigenvalue weighted by molar-refractivity contribution is -0.179. The Morgan fingerprint density at radius 2 is 2.05 bits per heavy atom. The molecule has 0 saturated carbocycles. The minimum atomic E-state index is -0.463. The van der Waals surface area contributed by atoms with E-state index in [1.165, 1.54) is 0 Å². The normalized spacial score (nSPS) is 29.3. The Morgan fingerprint density at radius 3 is 2.82 bits per heavy atom. The molecule has 3 atom stereocenters. The maximum absolute atomic E-state index is 6.31. The summed E-state index contributed by atoms with van der Waals surface area (Å²) < 4.78 is 14.6. The summed E-state index contributed by atoms with van der Waals surface area (Å²) in [6.45, 7) is 4.20. The first-order valence-corrected chi connectivity index (χ1v) is 7.78. The predicted octanol–water partition coefficient (Wildman–Crippen LogP) is 2.42. The summed E-state index contributed by atoms with van der Waals surface area (Å²) >= 11 is 0. The maximum Gasteiger partial charge on any atom is 0.169 e. The summed E-state index contributed by atoms with van der Waals surface area (Å²) in [5, 5.41) is 0. The van der Waals surface area contributed by atoms with Gasteiger partial charge in [-0.3, -0.25) is 0 Å². The van der Waals surface area contributed by atoms with Gasteiger partial charge in [-0.05, 0) is 18.9 Å². The average molecular weight is 300 g/mol. The van der Waals surface area contributed by atoms with E-state index in [-0.39, 0.29) is 18.2 Å². The molecule has 0 spiro atoms. The summed E-state index contributed by atoms with van der Waals surface area (Å²) in [5.74, 6) is -0.00944. The molecule has 1 fully saturated rings. The van der Waals surface area contributed by atoms with Crippen molar-refractivity contribution in [1.82, 2.24) is 14.5 Å². The van der Waals surface area contributed by atoms with Crippen LogP contribution in [0.1, 0.15) is 32.7 Å². The monoisotopic (exact) mass is 300 g/mol. The molecule has 1 saturated heterocycles. The van der Waals surface area contributed by atoms with Crippen LogP contribution < -0.4 is 5.73 Å². The largest absolute Gasteiger partial charge is 0.382 e. The Bertz CT molecular complexity index is 735. The number of ether oxygens (including phenoxy) is 2. The lowest BCUT2D eigenvalue weighted by Gasteiger charge is -2.27. The van der Waals surface area contributed by atoms with Crippen LogP contribution in [0.15, 0.2) is 30.7 Å². The first-order valence-electron chi connectivity index (χ1n) is 7.78. The summed E-state index contributed by atoms with van der Waals surface area (Å²) in [4.78, 5) is 8.49. The molecule has 1 aliphatic heterocycles. The Labute approximate surface area is 128 Å². The first-order chi connectivity index (χ1) is 10.7. The number of anilines is 1. The summed E-state index contributed by atoms with van der Waals surface area (Å²) in [5.41, 5.74) is 7.60. The summed E-state index contributed by atoms with van der Waals surface area (Å²) in [7, 11) is 0. The van der Waals surface area contributed by atoms with Gasteiger partial charge in [-0.1, -0.05) is 26.0 Å². The zero-order valence-electron chi connectivity index (χ0n) is 12.8. The molecule has 1 aliphatic carbocycles. The van der Waals surface area contributed by atoms with Gasteiger partial charge in [0.15, 0.2) is 11.6 Å². The van der Waals surface area contributed by atoms with Crippen LogP contribution in [0.25, 0.3) is 11.0 Å². The van der Waals surface area contributed by atoms with Crippen molar-refractivity contribution in [2.24, 2.45) is 0 Å². The fourth-order valence-corrected chi connectivity index (χ4v) is 3.46. The van der Waals surface area contributed by atoms with E-state index in [1.54, 1.807) is 12.5 Å². The van der Waals surface area contributed by atoms with Crippen LogP contribution in [-0.2, 0) is 9.47 Å². The van der Waals surface area contributed by atoms with E-state index in [2.05, 4.69) is 40.5 Å². The Kier molecular flexibility index (Phi) is 2.99. The Morgan fingerprint density at radius 1 is 1.23 bits per heavy atom. The van der Waals surface area contributed by atoms with E-state index in [9.17, 15) is 0 Å². The van der Waals surface area contributed by atoms with Crippen molar-refractivity contribution in [3.8, 4) is 0 Å². The SMILES string of the molecule is CCC1(CC)OC2C=CC(n3cnc4c(N)nccc43)C2O1. The third-order valence-electron chi connectivity index (χ3n) is 4.78. The number of imidazole rings is 1. The topological polar surface area (TPSA) is 75.2 Å². The highest BCUT2D eigenvalue weighted by Crippen LogP contribution is 2.43. The molecule has 3 unspecified atom stereocenters. The number of hydrogen-bond acceptors (Lipinski definition) is 5. The highest BCUT2D eigenvalue weighted by molar-refractivity contribution is 5.84. The minimum absolute atomic E-state index is 0.00142. The fourth-order valence-electron chi connectivity index (χ4n) is 3.46. The van der Waals surface area contributed by atoms with Crippen molar-refractivity contribution < 1.29 is 9.47 Å². The van der Waals surface area contributed by atoms with E-state index in [0.29, 0.717) is 5.82 Å².